The van der Waals surface area contributed by atoms with Crippen LogP contribution in [0.2, 0.25) is 5.02 Å². The van der Waals surface area contributed by atoms with Crippen molar-refractivity contribution >= 4 is 23.2 Å². The maximum atomic E-state index is 12.0. The van der Waals surface area contributed by atoms with Crippen LogP contribution in [0.3, 0.4) is 0 Å². The van der Waals surface area contributed by atoms with Gasteiger partial charge in [0.1, 0.15) is 5.75 Å². The van der Waals surface area contributed by atoms with E-state index in [2.05, 4.69) is 10.6 Å². The fourth-order valence-corrected chi connectivity index (χ4v) is 2.83. The zero-order chi connectivity index (χ0) is 15.2. The Kier molecular flexibility index (Phi) is 5.74. The summed E-state index contributed by atoms with van der Waals surface area (Å²) in [5, 5.41) is 6.87. The van der Waals surface area contributed by atoms with Crippen molar-refractivity contribution in [1.29, 1.82) is 0 Å². The number of rotatable bonds is 5. The van der Waals surface area contributed by atoms with Crippen LogP contribution in [0.4, 0.5) is 5.69 Å². The van der Waals surface area contributed by atoms with Gasteiger partial charge in [-0.05, 0) is 31.4 Å². The molecule has 0 aromatic heterocycles. The molecule has 0 unspecified atom stereocenters. The number of halogens is 1. The number of ether oxygens (including phenoxy) is 1. The van der Waals surface area contributed by atoms with Crippen LogP contribution in [0.25, 0.3) is 0 Å². The summed E-state index contributed by atoms with van der Waals surface area (Å²) in [6.45, 7) is 2.17. The third kappa shape index (κ3) is 4.53. The summed E-state index contributed by atoms with van der Waals surface area (Å²) in [5.74, 6) is 0.674. The van der Waals surface area contributed by atoms with Crippen molar-refractivity contribution in [2.24, 2.45) is 0 Å². The summed E-state index contributed by atoms with van der Waals surface area (Å²) in [6.07, 6.45) is 5.89. The van der Waals surface area contributed by atoms with Gasteiger partial charge in [0.2, 0.25) is 5.91 Å². The number of carbonyl (C=O) groups is 1. The van der Waals surface area contributed by atoms with Gasteiger partial charge in [-0.2, -0.15) is 0 Å². The second-order valence-electron chi connectivity index (χ2n) is 5.56. The molecule has 0 spiro atoms. The zero-order valence-corrected chi connectivity index (χ0v) is 13.4. The van der Waals surface area contributed by atoms with Crippen molar-refractivity contribution in [3.8, 4) is 5.75 Å². The summed E-state index contributed by atoms with van der Waals surface area (Å²) in [7, 11) is 1.59. The first kappa shape index (κ1) is 16.0. The van der Waals surface area contributed by atoms with Crippen LogP contribution in [0, 0.1) is 6.92 Å². The molecular formula is C16H23ClN2O2. The van der Waals surface area contributed by atoms with Gasteiger partial charge in [0, 0.05) is 17.1 Å². The summed E-state index contributed by atoms with van der Waals surface area (Å²) >= 11 is 6.07. The predicted octanol–water partition coefficient (Wildman–Crippen LogP) is 3.52. The Balaban J connectivity index is 1.89. The first-order chi connectivity index (χ1) is 10.1. The van der Waals surface area contributed by atoms with E-state index in [1.54, 1.807) is 13.2 Å². The van der Waals surface area contributed by atoms with Gasteiger partial charge in [0.05, 0.1) is 19.3 Å². The SMILES string of the molecule is COc1cc(Cl)c(C)cc1NCC(=O)NC1CCCCC1. The molecule has 1 saturated carbocycles. The van der Waals surface area contributed by atoms with Crippen molar-refractivity contribution in [3.05, 3.63) is 22.7 Å². The van der Waals surface area contributed by atoms with E-state index in [0.29, 0.717) is 16.8 Å². The molecule has 1 aliphatic carbocycles. The van der Waals surface area contributed by atoms with E-state index in [-0.39, 0.29) is 12.5 Å². The molecule has 1 aromatic carbocycles. The Morgan fingerprint density at radius 3 is 2.71 bits per heavy atom. The van der Waals surface area contributed by atoms with Gasteiger partial charge >= 0.3 is 0 Å². The molecule has 1 amide bonds. The Morgan fingerprint density at radius 2 is 2.05 bits per heavy atom. The van der Waals surface area contributed by atoms with Crippen LogP contribution in [-0.4, -0.2) is 25.6 Å². The number of hydrogen-bond donors (Lipinski definition) is 2. The molecule has 1 aliphatic rings. The van der Waals surface area contributed by atoms with Crippen LogP contribution >= 0.6 is 11.6 Å². The van der Waals surface area contributed by atoms with Gasteiger partial charge in [-0.25, -0.2) is 0 Å². The molecule has 5 heteroatoms. The topological polar surface area (TPSA) is 50.4 Å². The monoisotopic (exact) mass is 310 g/mol. The van der Waals surface area contributed by atoms with Crippen LogP contribution in [0.5, 0.6) is 5.75 Å². The normalized spacial score (nSPS) is 15.6. The number of nitrogens with one attached hydrogen (secondary N) is 2. The lowest BCUT2D eigenvalue weighted by molar-refractivity contribution is -0.120. The van der Waals surface area contributed by atoms with E-state index in [1.165, 1.54) is 19.3 Å². The highest BCUT2D eigenvalue weighted by atomic mass is 35.5. The van der Waals surface area contributed by atoms with Crippen LogP contribution in [0.15, 0.2) is 12.1 Å². The molecule has 0 radical (unpaired) electrons. The number of aryl methyl sites for hydroxylation is 1. The lowest BCUT2D eigenvalue weighted by Crippen LogP contribution is -2.39. The average Bonchev–Trinajstić information content (AvgIpc) is 2.49. The summed E-state index contributed by atoms with van der Waals surface area (Å²) in [5.41, 5.74) is 1.74. The first-order valence-electron chi connectivity index (χ1n) is 7.47. The lowest BCUT2D eigenvalue weighted by Gasteiger charge is -2.23. The van der Waals surface area contributed by atoms with Gasteiger partial charge in [0.25, 0.3) is 0 Å². The van der Waals surface area contributed by atoms with E-state index in [9.17, 15) is 4.79 Å². The fourth-order valence-electron chi connectivity index (χ4n) is 2.67. The second kappa shape index (κ2) is 7.55. The highest BCUT2D eigenvalue weighted by molar-refractivity contribution is 6.31. The first-order valence-corrected chi connectivity index (χ1v) is 7.85. The Labute approximate surface area is 131 Å². The predicted molar refractivity (Wildman–Crippen MR) is 86.2 cm³/mol. The maximum absolute atomic E-state index is 12.0. The smallest absolute Gasteiger partial charge is 0.239 e. The molecule has 0 heterocycles. The van der Waals surface area contributed by atoms with Crippen LogP contribution in [0.1, 0.15) is 37.7 Å². The number of carbonyl (C=O) groups excluding carboxylic acids is 1. The standard InChI is InChI=1S/C16H23ClN2O2/c1-11-8-14(15(21-2)9-13(11)17)18-10-16(20)19-12-6-4-3-5-7-12/h8-9,12,18H,3-7,10H2,1-2H3,(H,19,20). The van der Waals surface area contributed by atoms with Gasteiger partial charge in [0.15, 0.2) is 0 Å². The molecule has 0 atom stereocenters. The number of benzene rings is 1. The minimum Gasteiger partial charge on any atom is -0.495 e. The van der Waals surface area contributed by atoms with Gasteiger partial charge in [-0.3, -0.25) is 4.79 Å². The number of methoxy groups -OCH3 is 1. The highest BCUT2D eigenvalue weighted by Gasteiger charge is 2.16. The maximum Gasteiger partial charge on any atom is 0.239 e. The van der Waals surface area contributed by atoms with Crippen molar-refractivity contribution in [2.45, 2.75) is 45.1 Å². The highest BCUT2D eigenvalue weighted by Crippen LogP contribution is 2.30. The molecule has 0 saturated heterocycles. The van der Waals surface area contributed by atoms with Crippen molar-refractivity contribution in [2.75, 3.05) is 19.0 Å². The van der Waals surface area contributed by atoms with E-state index in [0.717, 1.165) is 24.1 Å². The molecule has 2 N–H and O–H groups in total. The average molecular weight is 311 g/mol. The van der Waals surface area contributed by atoms with Gasteiger partial charge in [-0.15, -0.1) is 0 Å². The lowest BCUT2D eigenvalue weighted by atomic mass is 9.95. The van der Waals surface area contributed by atoms with E-state index >= 15 is 0 Å². The van der Waals surface area contributed by atoms with Crippen molar-refractivity contribution in [1.82, 2.24) is 5.32 Å². The second-order valence-corrected chi connectivity index (χ2v) is 5.96. The number of hydrogen-bond acceptors (Lipinski definition) is 3. The van der Waals surface area contributed by atoms with Crippen LogP contribution in [-0.2, 0) is 4.79 Å². The van der Waals surface area contributed by atoms with Crippen molar-refractivity contribution < 1.29 is 9.53 Å². The van der Waals surface area contributed by atoms with E-state index in [4.69, 9.17) is 16.3 Å². The molecule has 2 rings (SSSR count). The van der Waals surface area contributed by atoms with E-state index in [1.807, 2.05) is 13.0 Å². The number of anilines is 1. The third-order valence-electron chi connectivity index (χ3n) is 3.89. The Morgan fingerprint density at radius 1 is 1.33 bits per heavy atom. The van der Waals surface area contributed by atoms with Crippen LogP contribution < -0.4 is 15.4 Å². The zero-order valence-electron chi connectivity index (χ0n) is 12.7. The summed E-state index contributed by atoms with van der Waals surface area (Å²) < 4.78 is 5.28. The number of amides is 1. The van der Waals surface area contributed by atoms with Crippen molar-refractivity contribution in [3.63, 3.8) is 0 Å². The molecule has 0 aliphatic heterocycles. The third-order valence-corrected chi connectivity index (χ3v) is 4.30. The molecule has 116 valence electrons. The molecule has 1 aromatic rings. The molecule has 21 heavy (non-hydrogen) atoms. The summed E-state index contributed by atoms with van der Waals surface area (Å²) in [4.78, 5) is 12.0. The minimum atomic E-state index is 0.0246. The molecule has 4 nitrogen and oxygen atoms in total. The fraction of sp³-hybridized carbons (Fsp3) is 0.562. The van der Waals surface area contributed by atoms with Gasteiger partial charge in [-0.1, -0.05) is 30.9 Å². The minimum absolute atomic E-state index is 0.0246. The Bertz CT molecular complexity index is 499. The molecular weight excluding hydrogens is 288 g/mol. The van der Waals surface area contributed by atoms with E-state index < -0.39 is 0 Å². The molecule has 1 fully saturated rings. The molecule has 0 bridgehead atoms. The quantitative estimate of drug-likeness (QED) is 0.875. The van der Waals surface area contributed by atoms with Gasteiger partial charge < -0.3 is 15.4 Å². The largest absolute Gasteiger partial charge is 0.495 e. The Hall–Kier alpha value is -1.42. The summed E-state index contributed by atoms with van der Waals surface area (Å²) in [6, 6.07) is 4.00.